The van der Waals surface area contributed by atoms with Crippen molar-refractivity contribution in [2.75, 3.05) is 13.4 Å². The summed E-state index contributed by atoms with van der Waals surface area (Å²) in [6, 6.07) is 6.52. The number of methoxy groups -OCH3 is 1. The van der Waals surface area contributed by atoms with Crippen molar-refractivity contribution in [3.8, 4) is 5.75 Å². The first-order valence-corrected chi connectivity index (χ1v) is 6.41. The smallest absolute Gasteiger partial charge is 0.137 e. The number of rotatable bonds is 2. The Bertz CT molecular complexity index is 460. The Morgan fingerprint density at radius 1 is 1.29 bits per heavy atom. The van der Waals surface area contributed by atoms with Gasteiger partial charge in [0.15, 0.2) is 0 Å². The van der Waals surface area contributed by atoms with Gasteiger partial charge in [-0.2, -0.15) is 0 Å². The van der Waals surface area contributed by atoms with Crippen molar-refractivity contribution in [3.05, 3.63) is 23.1 Å². The van der Waals surface area contributed by atoms with E-state index >= 15 is 0 Å². The summed E-state index contributed by atoms with van der Waals surface area (Å²) in [5, 5.41) is 1.29. The van der Waals surface area contributed by atoms with Gasteiger partial charge in [-0.15, -0.1) is 23.1 Å². The molecule has 0 saturated carbocycles. The molecule has 0 amide bonds. The highest BCUT2D eigenvalue weighted by atomic mass is 32.2. The Morgan fingerprint density at radius 3 is 2.71 bits per heavy atom. The van der Waals surface area contributed by atoms with Gasteiger partial charge in [0, 0.05) is 9.77 Å². The third-order valence-corrected chi connectivity index (χ3v) is 3.92. The Morgan fingerprint density at radius 2 is 2.07 bits per heavy atom. The Labute approximate surface area is 92.1 Å². The molecule has 2 rings (SSSR count). The summed E-state index contributed by atoms with van der Waals surface area (Å²) in [6.07, 6.45) is 2.08. The van der Waals surface area contributed by atoms with Gasteiger partial charge in [0.1, 0.15) is 5.75 Å². The van der Waals surface area contributed by atoms with Gasteiger partial charge in [-0.1, -0.05) is 0 Å². The van der Waals surface area contributed by atoms with E-state index in [1.165, 1.54) is 19.9 Å². The summed E-state index contributed by atoms with van der Waals surface area (Å²) >= 11 is 3.54. The van der Waals surface area contributed by atoms with Crippen molar-refractivity contribution in [1.82, 2.24) is 0 Å². The fraction of sp³-hybridized carbons (Fsp3) is 0.273. The molecule has 3 heteroatoms. The first-order chi connectivity index (χ1) is 6.74. The van der Waals surface area contributed by atoms with Crippen LogP contribution < -0.4 is 4.74 Å². The van der Waals surface area contributed by atoms with E-state index in [4.69, 9.17) is 4.74 Å². The van der Waals surface area contributed by atoms with E-state index in [9.17, 15) is 0 Å². The summed E-state index contributed by atoms with van der Waals surface area (Å²) in [5.74, 6) is 0.991. The van der Waals surface area contributed by atoms with Gasteiger partial charge in [0.05, 0.1) is 11.8 Å². The van der Waals surface area contributed by atoms with Crippen molar-refractivity contribution in [3.63, 3.8) is 0 Å². The normalized spacial score (nSPS) is 10.8. The number of thiophene rings is 1. The molecule has 0 N–H and O–H groups in total. The number of ether oxygens (including phenoxy) is 1. The minimum Gasteiger partial charge on any atom is -0.495 e. The van der Waals surface area contributed by atoms with Gasteiger partial charge in [-0.05, 0) is 36.8 Å². The minimum absolute atomic E-state index is 0.991. The second-order valence-corrected chi connectivity index (χ2v) is 5.24. The maximum absolute atomic E-state index is 5.38. The number of thioether (sulfide) groups is 1. The van der Waals surface area contributed by atoms with Crippen LogP contribution in [0.25, 0.3) is 10.1 Å². The van der Waals surface area contributed by atoms with Gasteiger partial charge in [-0.3, -0.25) is 0 Å². The number of hydrogen-bond acceptors (Lipinski definition) is 3. The van der Waals surface area contributed by atoms with Gasteiger partial charge in [0.2, 0.25) is 0 Å². The summed E-state index contributed by atoms with van der Waals surface area (Å²) in [4.78, 5) is 2.59. The minimum atomic E-state index is 0.991. The Hall–Kier alpha value is -0.670. The second kappa shape index (κ2) is 3.83. The first kappa shape index (κ1) is 9.87. The maximum atomic E-state index is 5.38. The van der Waals surface area contributed by atoms with Gasteiger partial charge < -0.3 is 4.74 Å². The molecule has 74 valence electrons. The fourth-order valence-electron chi connectivity index (χ4n) is 1.49. The van der Waals surface area contributed by atoms with E-state index in [2.05, 4.69) is 31.4 Å². The summed E-state index contributed by atoms with van der Waals surface area (Å²) in [7, 11) is 1.73. The molecular weight excluding hydrogens is 212 g/mol. The highest BCUT2D eigenvalue weighted by Crippen LogP contribution is 2.36. The summed E-state index contributed by atoms with van der Waals surface area (Å²) < 4.78 is 6.63. The molecule has 0 unspecified atom stereocenters. The van der Waals surface area contributed by atoms with Crippen LogP contribution >= 0.6 is 23.1 Å². The molecule has 2 aromatic rings. The zero-order valence-electron chi connectivity index (χ0n) is 8.46. The van der Waals surface area contributed by atoms with Crippen LogP contribution in [-0.2, 0) is 0 Å². The van der Waals surface area contributed by atoms with E-state index in [0.717, 1.165) is 5.75 Å². The SMILES string of the molecule is COc1cc(SC)cc2cc(C)sc12. The van der Waals surface area contributed by atoms with E-state index < -0.39 is 0 Å². The number of aryl methyl sites for hydroxylation is 1. The highest BCUT2D eigenvalue weighted by Gasteiger charge is 2.06. The molecule has 0 saturated heterocycles. The van der Waals surface area contributed by atoms with E-state index in [-0.39, 0.29) is 0 Å². The standard InChI is InChI=1S/C11H12OS2/c1-7-4-8-5-9(13-3)6-10(12-2)11(8)14-7/h4-6H,1-3H3. The topological polar surface area (TPSA) is 9.23 Å². The maximum Gasteiger partial charge on any atom is 0.137 e. The number of hydrogen-bond donors (Lipinski definition) is 0. The molecule has 1 heterocycles. The fourth-order valence-corrected chi connectivity index (χ4v) is 2.95. The summed E-state index contributed by atoms with van der Waals surface area (Å²) in [6.45, 7) is 2.13. The molecule has 0 fully saturated rings. The Balaban J connectivity index is 2.72. The van der Waals surface area contributed by atoms with Gasteiger partial charge in [0.25, 0.3) is 0 Å². The molecule has 1 aromatic carbocycles. The average Bonchev–Trinajstić information content (AvgIpc) is 2.56. The lowest BCUT2D eigenvalue weighted by Crippen LogP contribution is -1.82. The lowest BCUT2D eigenvalue weighted by atomic mass is 10.2. The molecule has 0 aliphatic heterocycles. The van der Waals surface area contributed by atoms with Crippen LogP contribution in [-0.4, -0.2) is 13.4 Å². The van der Waals surface area contributed by atoms with Crippen LogP contribution in [0.4, 0.5) is 0 Å². The highest BCUT2D eigenvalue weighted by molar-refractivity contribution is 7.98. The zero-order chi connectivity index (χ0) is 10.1. The van der Waals surface area contributed by atoms with Crippen LogP contribution in [0, 0.1) is 6.92 Å². The van der Waals surface area contributed by atoms with Crippen LogP contribution in [0.15, 0.2) is 23.1 Å². The van der Waals surface area contributed by atoms with Crippen molar-refractivity contribution >= 4 is 33.2 Å². The predicted molar refractivity (Wildman–Crippen MR) is 64.9 cm³/mol. The number of fused-ring (bicyclic) bond motifs is 1. The van der Waals surface area contributed by atoms with E-state index in [1.807, 2.05) is 0 Å². The number of benzene rings is 1. The van der Waals surface area contributed by atoms with Gasteiger partial charge >= 0.3 is 0 Å². The molecule has 0 bridgehead atoms. The lowest BCUT2D eigenvalue weighted by molar-refractivity contribution is 0.419. The second-order valence-electron chi connectivity index (χ2n) is 3.11. The lowest BCUT2D eigenvalue weighted by Gasteiger charge is -2.03. The molecule has 0 radical (unpaired) electrons. The zero-order valence-corrected chi connectivity index (χ0v) is 10.1. The average molecular weight is 224 g/mol. The largest absolute Gasteiger partial charge is 0.495 e. The van der Waals surface area contributed by atoms with Crippen molar-refractivity contribution in [2.24, 2.45) is 0 Å². The molecule has 1 aromatic heterocycles. The first-order valence-electron chi connectivity index (χ1n) is 4.37. The van der Waals surface area contributed by atoms with Crippen LogP contribution in [0.5, 0.6) is 5.75 Å². The van der Waals surface area contributed by atoms with Crippen molar-refractivity contribution in [1.29, 1.82) is 0 Å². The molecular formula is C11H12OS2. The predicted octanol–water partition coefficient (Wildman–Crippen LogP) is 3.94. The van der Waals surface area contributed by atoms with Crippen molar-refractivity contribution in [2.45, 2.75) is 11.8 Å². The summed E-state index contributed by atoms with van der Waals surface area (Å²) in [5.41, 5.74) is 0. The van der Waals surface area contributed by atoms with Crippen LogP contribution in [0.3, 0.4) is 0 Å². The quantitative estimate of drug-likeness (QED) is 0.715. The molecule has 0 atom stereocenters. The van der Waals surface area contributed by atoms with Gasteiger partial charge in [-0.25, -0.2) is 0 Å². The molecule has 1 nitrogen and oxygen atoms in total. The monoisotopic (exact) mass is 224 g/mol. The van der Waals surface area contributed by atoms with Crippen LogP contribution in [0.2, 0.25) is 0 Å². The third-order valence-electron chi connectivity index (χ3n) is 2.13. The molecule has 0 aliphatic carbocycles. The van der Waals surface area contributed by atoms with Crippen LogP contribution in [0.1, 0.15) is 4.88 Å². The third kappa shape index (κ3) is 1.62. The Kier molecular flexibility index (Phi) is 2.70. The van der Waals surface area contributed by atoms with E-state index in [0.29, 0.717) is 0 Å². The molecule has 0 aliphatic rings. The molecule has 14 heavy (non-hydrogen) atoms. The molecule has 0 spiro atoms. The van der Waals surface area contributed by atoms with E-state index in [1.54, 1.807) is 30.2 Å². The van der Waals surface area contributed by atoms with Crippen molar-refractivity contribution < 1.29 is 4.74 Å².